The first-order valence-corrected chi connectivity index (χ1v) is 8.13. The summed E-state index contributed by atoms with van der Waals surface area (Å²) in [6.45, 7) is 2.46. The number of ether oxygens (including phenoxy) is 1. The van der Waals surface area contributed by atoms with E-state index in [4.69, 9.17) is 4.74 Å². The predicted octanol–water partition coefficient (Wildman–Crippen LogP) is 4.99. The molecule has 108 valence electrons. The van der Waals surface area contributed by atoms with Crippen molar-refractivity contribution in [2.45, 2.75) is 13.5 Å². The smallest absolute Gasteiger partial charge is 0.131 e. The Labute approximate surface area is 140 Å². The molecule has 0 N–H and O–H groups in total. The molecule has 0 atom stereocenters. The van der Waals surface area contributed by atoms with Crippen molar-refractivity contribution in [2.75, 3.05) is 0 Å². The standard InChI is InChI=1S/C16H14Br2N2O/c1-10-16(18)15(20(2)19-10)9-21-14-6-4-11-7-13(17)5-3-12(11)8-14/h3-8H,9H2,1-2H3. The third-order valence-corrected chi connectivity index (χ3v) is 4.94. The molecule has 0 bridgehead atoms. The highest BCUT2D eigenvalue weighted by Gasteiger charge is 2.11. The number of hydrogen-bond acceptors (Lipinski definition) is 2. The van der Waals surface area contributed by atoms with Crippen LogP contribution in [0.4, 0.5) is 0 Å². The fourth-order valence-corrected chi connectivity index (χ4v) is 3.10. The summed E-state index contributed by atoms with van der Waals surface area (Å²) in [4.78, 5) is 0. The fraction of sp³-hybridized carbons (Fsp3) is 0.188. The van der Waals surface area contributed by atoms with Crippen molar-refractivity contribution in [2.24, 2.45) is 7.05 Å². The highest BCUT2D eigenvalue weighted by Crippen LogP contribution is 2.26. The average molecular weight is 410 g/mol. The third-order valence-electron chi connectivity index (χ3n) is 3.41. The van der Waals surface area contributed by atoms with Crippen LogP contribution in [-0.4, -0.2) is 9.78 Å². The zero-order chi connectivity index (χ0) is 15.0. The molecule has 21 heavy (non-hydrogen) atoms. The molecule has 2 aromatic carbocycles. The molecule has 1 heterocycles. The van der Waals surface area contributed by atoms with E-state index in [2.05, 4.69) is 61.2 Å². The van der Waals surface area contributed by atoms with E-state index in [0.29, 0.717) is 6.61 Å². The van der Waals surface area contributed by atoms with Gasteiger partial charge in [0.05, 0.1) is 15.9 Å². The lowest BCUT2D eigenvalue weighted by molar-refractivity contribution is 0.294. The normalized spacial score (nSPS) is 11.0. The minimum Gasteiger partial charge on any atom is -0.487 e. The summed E-state index contributed by atoms with van der Waals surface area (Å²) in [7, 11) is 1.92. The van der Waals surface area contributed by atoms with Gasteiger partial charge in [0.2, 0.25) is 0 Å². The molecule has 0 aliphatic carbocycles. The van der Waals surface area contributed by atoms with Crippen LogP contribution in [0.15, 0.2) is 45.3 Å². The van der Waals surface area contributed by atoms with E-state index in [-0.39, 0.29) is 0 Å². The van der Waals surface area contributed by atoms with Crippen LogP contribution in [0.5, 0.6) is 5.75 Å². The predicted molar refractivity (Wildman–Crippen MR) is 91.6 cm³/mol. The van der Waals surface area contributed by atoms with E-state index in [1.54, 1.807) is 0 Å². The van der Waals surface area contributed by atoms with Crippen molar-refractivity contribution in [3.05, 3.63) is 56.7 Å². The Bertz CT molecular complexity index is 811. The number of benzene rings is 2. The number of rotatable bonds is 3. The van der Waals surface area contributed by atoms with E-state index >= 15 is 0 Å². The Morgan fingerprint density at radius 1 is 1.10 bits per heavy atom. The first-order valence-electron chi connectivity index (χ1n) is 6.54. The van der Waals surface area contributed by atoms with Gasteiger partial charge in [0, 0.05) is 11.5 Å². The number of fused-ring (bicyclic) bond motifs is 1. The number of nitrogens with zero attached hydrogens (tertiary/aromatic N) is 2. The van der Waals surface area contributed by atoms with Gasteiger partial charge in [-0.1, -0.05) is 28.1 Å². The van der Waals surface area contributed by atoms with Gasteiger partial charge < -0.3 is 4.74 Å². The van der Waals surface area contributed by atoms with Crippen molar-refractivity contribution in [3.63, 3.8) is 0 Å². The molecule has 0 saturated carbocycles. The Hall–Kier alpha value is -1.33. The summed E-state index contributed by atoms with van der Waals surface area (Å²) in [6.07, 6.45) is 0. The van der Waals surface area contributed by atoms with Gasteiger partial charge in [-0.2, -0.15) is 5.10 Å². The molecule has 0 unspecified atom stereocenters. The monoisotopic (exact) mass is 408 g/mol. The van der Waals surface area contributed by atoms with E-state index < -0.39 is 0 Å². The molecule has 0 radical (unpaired) electrons. The zero-order valence-corrected chi connectivity index (χ0v) is 14.9. The largest absolute Gasteiger partial charge is 0.487 e. The topological polar surface area (TPSA) is 27.1 Å². The van der Waals surface area contributed by atoms with Gasteiger partial charge in [0.25, 0.3) is 0 Å². The summed E-state index contributed by atoms with van der Waals surface area (Å²) in [5.41, 5.74) is 2.00. The molecule has 3 aromatic rings. The maximum atomic E-state index is 5.90. The fourth-order valence-electron chi connectivity index (χ4n) is 2.27. The lowest BCUT2D eigenvalue weighted by Crippen LogP contribution is -2.03. The van der Waals surface area contributed by atoms with Crippen LogP contribution in [0.1, 0.15) is 11.4 Å². The Balaban J connectivity index is 1.83. The number of aromatic nitrogens is 2. The molecule has 0 aliphatic rings. The van der Waals surface area contributed by atoms with E-state index in [0.717, 1.165) is 31.5 Å². The summed E-state index contributed by atoms with van der Waals surface area (Å²) in [5, 5.41) is 6.72. The first kappa shape index (κ1) is 14.6. The van der Waals surface area contributed by atoms with Gasteiger partial charge >= 0.3 is 0 Å². The Morgan fingerprint density at radius 3 is 2.52 bits per heavy atom. The van der Waals surface area contributed by atoms with E-state index in [1.165, 1.54) is 5.39 Å². The molecule has 0 fully saturated rings. The maximum Gasteiger partial charge on any atom is 0.131 e. The maximum absolute atomic E-state index is 5.90. The highest BCUT2D eigenvalue weighted by molar-refractivity contribution is 9.10. The van der Waals surface area contributed by atoms with Crippen LogP contribution in [0, 0.1) is 6.92 Å². The van der Waals surface area contributed by atoms with Crippen molar-refractivity contribution in [3.8, 4) is 5.75 Å². The molecule has 1 aromatic heterocycles. The molecule has 5 heteroatoms. The van der Waals surface area contributed by atoms with Crippen LogP contribution in [-0.2, 0) is 13.7 Å². The molecule has 3 nitrogen and oxygen atoms in total. The van der Waals surface area contributed by atoms with Crippen LogP contribution >= 0.6 is 31.9 Å². The van der Waals surface area contributed by atoms with Gasteiger partial charge in [-0.05, 0) is 57.9 Å². The van der Waals surface area contributed by atoms with Gasteiger partial charge in [0.15, 0.2) is 0 Å². The molecule has 3 rings (SSSR count). The van der Waals surface area contributed by atoms with Crippen LogP contribution < -0.4 is 4.74 Å². The minimum atomic E-state index is 0.486. The minimum absolute atomic E-state index is 0.486. The second kappa shape index (κ2) is 5.81. The Kier molecular flexibility index (Phi) is 4.04. The number of aryl methyl sites for hydroxylation is 2. The van der Waals surface area contributed by atoms with Gasteiger partial charge in [0.1, 0.15) is 12.4 Å². The summed E-state index contributed by atoms with van der Waals surface area (Å²) in [5.74, 6) is 0.857. The van der Waals surface area contributed by atoms with Crippen molar-refractivity contribution in [1.29, 1.82) is 0 Å². The average Bonchev–Trinajstić information content (AvgIpc) is 2.70. The lowest BCUT2D eigenvalue weighted by Gasteiger charge is -2.08. The van der Waals surface area contributed by atoms with Crippen LogP contribution in [0.2, 0.25) is 0 Å². The molecule has 0 saturated heterocycles. The van der Waals surface area contributed by atoms with Crippen LogP contribution in [0.3, 0.4) is 0 Å². The second-order valence-electron chi connectivity index (χ2n) is 4.91. The molecule has 0 amide bonds. The summed E-state index contributed by atoms with van der Waals surface area (Å²) >= 11 is 7.04. The van der Waals surface area contributed by atoms with Crippen LogP contribution in [0.25, 0.3) is 10.8 Å². The summed E-state index contributed by atoms with van der Waals surface area (Å²) in [6, 6.07) is 12.3. The van der Waals surface area contributed by atoms with Gasteiger partial charge in [-0.15, -0.1) is 0 Å². The second-order valence-corrected chi connectivity index (χ2v) is 6.62. The molecular formula is C16H14Br2N2O. The van der Waals surface area contributed by atoms with Gasteiger partial charge in [-0.25, -0.2) is 0 Å². The Morgan fingerprint density at radius 2 is 1.81 bits per heavy atom. The van der Waals surface area contributed by atoms with Crippen molar-refractivity contribution < 1.29 is 4.74 Å². The van der Waals surface area contributed by atoms with Gasteiger partial charge in [-0.3, -0.25) is 4.68 Å². The molecule has 0 aliphatic heterocycles. The SMILES string of the molecule is Cc1nn(C)c(COc2ccc3cc(Br)ccc3c2)c1Br. The highest BCUT2D eigenvalue weighted by atomic mass is 79.9. The first-order chi connectivity index (χ1) is 10.0. The summed E-state index contributed by atoms with van der Waals surface area (Å²) < 4.78 is 9.84. The molecule has 0 spiro atoms. The zero-order valence-electron chi connectivity index (χ0n) is 11.7. The van der Waals surface area contributed by atoms with Crippen molar-refractivity contribution in [1.82, 2.24) is 9.78 Å². The van der Waals surface area contributed by atoms with Crippen molar-refractivity contribution >= 4 is 42.6 Å². The third kappa shape index (κ3) is 2.99. The number of hydrogen-bond donors (Lipinski definition) is 0. The lowest BCUT2D eigenvalue weighted by atomic mass is 10.1. The van der Waals surface area contributed by atoms with E-state index in [1.807, 2.05) is 30.8 Å². The van der Waals surface area contributed by atoms with E-state index in [9.17, 15) is 0 Å². The quantitative estimate of drug-likeness (QED) is 0.609. The number of halogens is 2. The molecular weight excluding hydrogens is 396 g/mol.